The van der Waals surface area contributed by atoms with Crippen LogP contribution in [0.1, 0.15) is 15.2 Å². The van der Waals surface area contributed by atoms with Crippen LogP contribution in [0.3, 0.4) is 0 Å². The van der Waals surface area contributed by atoms with E-state index < -0.39 is 5.97 Å². The van der Waals surface area contributed by atoms with Crippen LogP contribution in [-0.2, 0) is 0 Å². The van der Waals surface area contributed by atoms with Crippen molar-refractivity contribution in [2.75, 3.05) is 0 Å². The van der Waals surface area contributed by atoms with E-state index in [1.165, 1.54) is 35.9 Å². The maximum Gasteiger partial charge on any atom is 0.339 e. The molecule has 0 aliphatic heterocycles. The lowest BCUT2D eigenvalue weighted by Gasteiger charge is -2.08. The molecule has 0 aliphatic carbocycles. The number of carboxylic acids is 1. The maximum atomic E-state index is 11.2. The number of aromatic nitrogens is 2. The van der Waals surface area contributed by atoms with Gasteiger partial charge in [0.05, 0.1) is 5.39 Å². The standard InChI is InChI=1S/C14H9ClN2O3S/c1-7-4-10-12(16-6-17-13(10)21-7)20-11-5-8(15)2-3-9(11)14(18)19/h2-6H,1H3,(H,18,19). The molecular weight excluding hydrogens is 312 g/mol. The molecule has 2 aromatic heterocycles. The first-order valence-corrected chi connectivity index (χ1v) is 7.16. The highest BCUT2D eigenvalue weighted by Gasteiger charge is 2.15. The summed E-state index contributed by atoms with van der Waals surface area (Å²) in [4.78, 5) is 21.3. The molecular formula is C14H9ClN2O3S. The Morgan fingerprint density at radius 1 is 1.33 bits per heavy atom. The lowest BCUT2D eigenvalue weighted by molar-refractivity contribution is 0.0694. The number of halogens is 1. The molecule has 1 aromatic carbocycles. The van der Waals surface area contributed by atoms with Gasteiger partial charge in [-0.25, -0.2) is 14.8 Å². The lowest BCUT2D eigenvalue weighted by Crippen LogP contribution is -2.00. The van der Waals surface area contributed by atoms with Crippen molar-refractivity contribution in [1.82, 2.24) is 9.97 Å². The number of thiophene rings is 1. The van der Waals surface area contributed by atoms with Gasteiger partial charge in [0, 0.05) is 16.0 Å². The first-order chi connectivity index (χ1) is 10.0. The molecule has 106 valence electrons. The number of rotatable bonds is 3. The minimum atomic E-state index is -1.09. The monoisotopic (exact) mass is 320 g/mol. The Balaban J connectivity index is 2.10. The summed E-state index contributed by atoms with van der Waals surface area (Å²) in [7, 11) is 0. The van der Waals surface area contributed by atoms with Gasteiger partial charge in [-0.2, -0.15) is 0 Å². The molecule has 0 atom stereocenters. The van der Waals surface area contributed by atoms with Crippen LogP contribution in [0.15, 0.2) is 30.6 Å². The van der Waals surface area contributed by atoms with E-state index in [9.17, 15) is 9.90 Å². The predicted octanol–water partition coefficient (Wildman–Crippen LogP) is 4.14. The Kier molecular flexibility index (Phi) is 3.48. The fraction of sp³-hybridized carbons (Fsp3) is 0.0714. The third-order valence-electron chi connectivity index (χ3n) is 2.80. The normalized spacial score (nSPS) is 10.8. The average Bonchev–Trinajstić information content (AvgIpc) is 2.80. The number of aromatic carboxylic acids is 1. The second-order valence-electron chi connectivity index (χ2n) is 4.30. The molecule has 3 rings (SSSR count). The van der Waals surface area contributed by atoms with Gasteiger partial charge in [-0.15, -0.1) is 11.3 Å². The summed E-state index contributed by atoms with van der Waals surface area (Å²) < 4.78 is 5.67. The van der Waals surface area contributed by atoms with Crippen LogP contribution < -0.4 is 4.74 Å². The number of fused-ring (bicyclic) bond motifs is 1. The molecule has 0 radical (unpaired) electrons. The molecule has 21 heavy (non-hydrogen) atoms. The molecule has 0 spiro atoms. The van der Waals surface area contributed by atoms with Crippen molar-refractivity contribution in [1.29, 1.82) is 0 Å². The van der Waals surface area contributed by atoms with Gasteiger partial charge in [0.15, 0.2) is 0 Å². The zero-order chi connectivity index (χ0) is 15.0. The van der Waals surface area contributed by atoms with Crippen molar-refractivity contribution in [2.24, 2.45) is 0 Å². The molecule has 0 bridgehead atoms. The fourth-order valence-electron chi connectivity index (χ4n) is 1.90. The van der Waals surface area contributed by atoms with Gasteiger partial charge in [0.25, 0.3) is 0 Å². The van der Waals surface area contributed by atoms with Gasteiger partial charge in [-0.3, -0.25) is 0 Å². The number of carboxylic acid groups (broad SMARTS) is 1. The van der Waals surface area contributed by atoms with Gasteiger partial charge >= 0.3 is 5.97 Å². The topological polar surface area (TPSA) is 72.3 Å². The minimum Gasteiger partial charge on any atom is -0.478 e. The van der Waals surface area contributed by atoms with Crippen molar-refractivity contribution in [2.45, 2.75) is 6.92 Å². The Labute approximate surface area is 128 Å². The van der Waals surface area contributed by atoms with E-state index in [4.69, 9.17) is 16.3 Å². The van der Waals surface area contributed by atoms with E-state index in [0.29, 0.717) is 10.9 Å². The van der Waals surface area contributed by atoms with Crippen molar-refractivity contribution in [3.05, 3.63) is 46.1 Å². The van der Waals surface area contributed by atoms with Crippen LogP contribution in [0.5, 0.6) is 11.6 Å². The fourth-order valence-corrected chi connectivity index (χ4v) is 2.90. The second kappa shape index (κ2) is 5.31. The van der Waals surface area contributed by atoms with Crippen LogP contribution >= 0.6 is 22.9 Å². The Morgan fingerprint density at radius 3 is 2.90 bits per heavy atom. The Morgan fingerprint density at radius 2 is 2.14 bits per heavy atom. The summed E-state index contributed by atoms with van der Waals surface area (Å²) in [5, 5.41) is 10.3. The van der Waals surface area contributed by atoms with Gasteiger partial charge in [-0.1, -0.05) is 11.6 Å². The smallest absolute Gasteiger partial charge is 0.339 e. The van der Waals surface area contributed by atoms with Crippen LogP contribution in [0.25, 0.3) is 10.2 Å². The van der Waals surface area contributed by atoms with Crippen molar-refractivity contribution in [3.8, 4) is 11.6 Å². The lowest BCUT2D eigenvalue weighted by atomic mass is 10.2. The third-order valence-corrected chi connectivity index (χ3v) is 3.99. The summed E-state index contributed by atoms with van der Waals surface area (Å²) in [6.45, 7) is 1.96. The first-order valence-electron chi connectivity index (χ1n) is 5.96. The van der Waals surface area contributed by atoms with Gasteiger partial charge in [-0.05, 0) is 25.1 Å². The van der Waals surface area contributed by atoms with Crippen LogP contribution in [0.4, 0.5) is 0 Å². The second-order valence-corrected chi connectivity index (χ2v) is 5.97. The number of ether oxygens (including phenoxy) is 1. The molecule has 0 fully saturated rings. The first kappa shape index (κ1) is 13.8. The Hall–Kier alpha value is -2.18. The molecule has 0 unspecified atom stereocenters. The number of benzene rings is 1. The number of hydrogen-bond acceptors (Lipinski definition) is 5. The number of aryl methyl sites for hydroxylation is 1. The van der Waals surface area contributed by atoms with E-state index in [-0.39, 0.29) is 11.3 Å². The third kappa shape index (κ3) is 2.68. The Bertz CT molecular complexity index is 847. The predicted molar refractivity (Wildman–Crippen MR) is 80.6 cm³/mol. The number of nitrogens with zero attached hydrogens (tertiary/aromatic N) is 2. The van der Waals surface area contributed by atoms with Crippen LogP contribution in [0.2, 0.25) is 5.02 Å². The highest BCUT2D eigenvalue weighted by Crippen LogP contribution is 2.34. The molecule has 0 saturated heterocycles. The average molecular weight is 321 g/mol. The molecule has 0 saturated carbocycles. The van der Waals surface area contributed by atoms with Gasteiger partial charge in [0.2, 0.25) is 5.88 Å². The number of hydrogen-bond donors (Lipinski definition) is 1. The summed E-state index contributed by atoms with van der Waals surface area (Å²) in [5.41, 5.74) is 0.0260. The van der Waals surface area contributed by atoms with Crippen molar-refractivity contribution in [3.63, 3.8) is 0 Å². The van der Waals surface area contributed by atoms with Crippen molar-refractivity contribution >= 4 is 39.1 Å². The number of carbonyl (C=O) groups is 1. The molecule has 1 N–H and O–H groups in total. The minimum absolute atomic E-state index is 0.0260. The molecule has 5 nitrogen and oxygen atoms in total. The summed E-state index contributed by atoms with van der Waals surface area (Å²) in [5.74, 6) is -0.624. The molecule has 7 heteroatoms. The highest BCUT2D eigenvalue weighted by molar-refractivity contribution is 7.18. The van der Waals surface area contributed by atoms with E-state index in [1.54, 1.807) is 0 Å². The van der Waals surface area contributed by atoms with E-state index in [1.807, 2.05) is 13.0 Å². The van der Waals surface area contributed by atoms with Gasteiger partial charge in [0.1, 0.15) is 22.5 Å². The molecule has 0 amide bonds. The van der Waals surface area contributed by atoms with Crippen LogP contribution in [-0.4, -0.2) is 21.0 Å². The van der Waals surface area contributed by atoms with Gasteiger partial charge < -0.3 is 9.84 Å². The quantitative estimate of drug-likeness (QED) is 0.785. The maximum absolute atomic E-state index is 11.2. The summed E-state index contributed by atoms with van der Waals surface area (Å²) >= 11 is 7.42. The molecule has 0 aliphatic rings. The van der Waals surface area contributed by atoms with Crippen LogP contribution in [0, 0.1) is 6.92 Å². The SMILES string of the molecule is Cc1cc2c(Oc3cc(Cl)ccc3C(=O)O)ncnc2s1. The zero-order valence-electron chi connectivity index (χ0n) is 10.8. The van der Waals surface area contributed by atoms with E-state index >= 15 is 0 Å². The van der Waals surface area contributed by atoms with E-state index in [2.05, 4.69) is 9.97 Å². The van der Waals surface area contributed by atoms with E-state index in [0.717, 1.165) is 15.1 Å². The molecule has 2 heterocycles. The highest BCUT2D eigenvalue weighted by atomic mass is 35.5. The summed E-state index contributed by atoms with van der Waals surface area (Å²) in [6, 6.07) is 6.26. The summed E-state index contributed by atoms with van der Waals surface area (Å²) in [6.07, 6.45) is 1.39. The van der Waals surface area contributed by atoms with Crippen molar-refractivity contribution < 1.29 is 14.6 Å². The zero-order valence-corrected chi connectivity index (χ0v) is 12.4. The molecule has 3 aromatic rings. The largest absolute Gasteiger partial charge is 0.478 e.